The van der Waals surface area contributed by atoms with Crippen molar-refractivity contribution in [1.82, 2.24) is 10.2 Å². The van der Waals surface area contributed by atoms with Crippen LogP contribution in [0.15, 0.2) is 24.3 Å². The SMILES string of the molecule is CCCNC1c2ccccc2CC1SCCN(CC)CC. The second-order valence-corrected chi connectivity index (χ2v) is 7.12. The van der Waals surface area contributed by atoms with Gasteiger partial charge in [0.2, 0.25) is 0 Å². The highest BCUT2D eigenvalue weighted by Gasteiger charge is 2.31. The molecule has 1 aliphatic carbocycles. The molecule has 0 saturated carbocycles. The van der Waals surface area contributed by atoms with Crippen LogP contribution in [0.3, 0.4) is 0 Å². The lowest BCUT2D eigenvalue weighted by Crippen LogP contribution is -2.30. The Morgan fingerprint density at radius 2 is 1.95 bits per heavy atom. The van der Waals surface area contributed by atoms with Crippen molar-refractivity contribution in [3.63, 3.8) is 0 Å². The predicted molar refractivity (Wildman–Crippen MR) is 95.2 cm³/mol. The summed E-state index contributed by atoms with van der Waals surface area (Å²) in [6.07, 6.45) is 2.43. The molecule has 0 aliphatic heterocycles. The van der Waals surface area contributed by atoms with Crippen LogP contribution in [0, 0.1) is 0 Å². The largest absolute Gasteiger partial charge is 0.309 e. The number of nitrogens with one attached hydrogen (secondary N) is 1. The molecule has 0 fully saturated rings. The Hall–Kier alpha value is -0.510. The fourth-order valence-corrected chi connectivity index (χ4v) is 4.53. The summed E-state index contributed by atoms with van der Waals surface area (Å²) < 4.78 is 0. The lowest BCUT2D eigenvalue weighted by atomic mass is 10.1. The molecule has 1 aromatic carbocycles. The number of fused-ring (bicyclic) bond motifs is 1. The number of rotatable bonds is 9. The molecule has 118 valence electrons. The molecule has 0 bridgehead atoms. The summed E-state index contributed by atoms with van der Waals surface area (Å²) in [7, 11) is 0. The average molecular weight is 307 g/mol. The van der Waals surface area contributed by atoms with E-state index in [1.807, 2.05) is 0 Å². The van der Waals surface area contributed by atoms with Crippen LogP contribution in [0.25, 0.3) is 0 Å². The third kappa shape index (κ3) is 4.48. The Morgan fingerprint density at radius 3 is 2.67 bits per heavy atom. The summed E-state index contributed by atoms with van der Waals surface area (Å²) >= 11 is 2.15. The van der Waals surface area contributed by atoms with Crippen LogP contribution in [0.5, 0.6) is 0 Å². The first-order valence-electron chi connectivity index (χ1n) is 8.45. The molecule has 0 aromatic heterocycles. The molecular weight excluding hydrogens is 276 g/mol. The van der Waals surface area contributed by atoms with Crippen molar-refractivity contribution in [2.75, 3.05) is 31.9 Å². The molecule has 0 radical (unpaired) electrons. The summed E-state index contributed by atoms with van der Waals surface area (Å²) in [5.74, 6) is 1.24. The van der Waals surface area contributed by atoms with Gasteiger partial charge in [-0.15, -0.1) is 0 Å². The number of nitrogens with zero attached hydrogens (tertiary/aromatic N) is 1. The highest BCUT2D eigenvalue weighted by atomic mass is 32.2. The van der Waals surface area contributed by atoms with Gasteiger partial charge in [-0.2, -0.15) is 11.8 Å². The van der Waals surface area contributed by atoms with Crippen LogP contribution in [0.2, 0.25) is 0 Å². The van der Waals surface area contributed by atoms with Gasteiger partial charge in [-0.05, 0) is 43.6 Å². The fourth-order valence-electron chi connectivity index (χ4n) is 3.13. The topological polar surface area (TPSA) is 15.3 Å². The minimum Gasteiger partial charge on any atom is -0.309 e. The van der Waals surface area contributed by atoms with Crippen molar-refractivity contribution in [2.24, 2.45) is 0 Å². The molecule has 2 rings (SSSR count). The molecule has 0 heterocycles. The third-order valence-electron chi connectivity index (χ3n) is 4.43. The van der Waals surface area contributed by atoms with Gasteiger partial charge in [-0.3, -0.25) is 0 Å². The van der Waals surface area contributed by atoms with Crippen molar-refractivity contribution in [3.8, 4) is 0 Å². The molecule has 2 nitrogen and oxygen atoms in total. The standard InChI is InChI=1S/C18H30N2S/c1-4-11-19-18-16-10-8-7-9-15(16)14-17(18)21-13-12-20(5-2)6-3/h7-10,17-19H,4-6,11-14H2,1-3H3. The van der Waals surface area contributed by atoms with Gasteiger partial charge in [0.15, 0.2) is 0 Å². The maximum atomic E-state index is 3.77. The molecule has 1 N–H and O–H groups in total. The highest BCUT2D eigenvalue weighted by molar-refractivity contribution is 8.00. The van der Waals surface area contributed by atoms with Gasteiger partial charge in [0.05, 0.1) is 0 Å². The Kier molecular flexibility index (Phi) is 7.08. The van der Waals surface area contributed by atoms with E-state index in [1.54, 1.807) is 5.56 Å². The van der Waals surface area contributed by atoms with E-state index < -0.39 is 0 Å². The van der Waals surface area contributed by atoms with Gasteiger partial charge in [-0.25, -0.2) is 0 Å². The minimum atomic E-state index is 0.544. The smallest absolute Gasteiger partial charge is 0.0446 e. The van der Waals surface area contributed by atoms with E-state index in [2.05, 4.69) is 67.0 Å². The summed E-state index contributed by atoms with van der Waals surface area (Å²) in [6.45, 7) is 11.4. The quantitative estimate of drug-likeness (QED) is 0.748. The second kappa shape index (κ2) is 8.82. The molecule has 1 aliphatic rings. The lowest BCUT2D eigenvalue weighted by Gasteiger charge is -2.23. The molecule has 2 atom stereocenters. The monoisotopic (exact) mass is 306 g/mol. The molecular formula is C18H30N2S. The molecule has 1 aromatic rings. The first-order valence-corrected chi connectivity index (χ1v) is 9.50. The van der Waals surface area contributed by atoms with Crippen LogP contribution in [0.4, 0.5) is 0 Å². The molecule has 0 saturated heterocycles. The van der Waals surface area contributed by atoms with Gasteiger partial charge < -0.3 is 10.2 Å². The summed E-state index contributed by atoms with van der Waals surface area (Å²) in [6, 6.07) is 9.53. The van der Waals surface area contributed by atoms with Crippen LogP contribution in [-0.2, 0) is 6.42 Å². The normalized spacial score (nSPS) is 21.0. The van der Waals surface area contributed by atoms with E-state index in [4.69, 9.17) is 0 Å². The first-order chi connectivity index (χ1) is 10.3. The van der Waals surface area contributed by atoms with Gasteiger partial charge in [-0.1, -0.05) is 45.0 Å². The van der Waals surface area contributed by atoms with Crippen LogP contribution in [-0.4, -0.2) is 42.1 Å². The first kappa shape index (κ1) is 16.9. The summed E-state index contributed by atoms with van der Waals surface area (Å²) in [4.78, 5) is 2.52. The molecule has 3 heteroatoms. The van der Waals surface area contributed by atoms with Gasteiger partial charge in [0.25, 0.3) is 0 Å². The average Bonchev–Trinajstić information content (AvgIpc) is 2.87. The summed E-state index contributed by atoms with van der Waals surface area (Å²) in [5, 5.41) is 4.47. The van der Waals surface area contributed by atoms with Gasteiger partial charge >= 0.3 is 0 Å². The summed E-state index contributed by atoms with van der Waals surface area (Å²) in [5.41, 5.74) is 3.08. The van der Waals surface area contributed by atoms with Crippen molar-refractivity contribution >= 4 is 11.8 Å². The van der Waals surface area contributed by atoms with Gasteiger partial charge in [0, 0.05) is 23.6 Å². The Morgan fingerprint density at radius 1 is 1.19 bits per heavy atom. The Balaban J connectivity index is 1.92. The molecule has 2 unspecified atom stereocenters. The number of benzene rings is 1. The zero-order valence-electron chi connectivity index (χ0n) is 13.8. The van der Waals surface area contributed by atoms with E-state index in [-0.39, 0.29) is 0 Å². The predicted octanol–water partition coefficient (Wildman–Crippen LogP) is 3.73. The van der Waals surface area contributed by atoms with E-state index in [0.717, 1.165) is 6.54 Å². The molecule has 21 heavy (non-hydrogen) atoms. The van der Waals surface area contributed by atoms with Crippen molar-refractivity contribution in [3.05, 3.63) is 35.4 Å². The van der Waals surface area contributed by atoms with Crippen LogP contribution in [0.1, 0.15) is 44.4 Å². The van der Waals surface area contributed by atoms with Gasteiger partial charge in [0.1, 0.15) is 0 Å². The number of thioether (sulfide) groups is 1. The van der Waals surface area contributed by atoms with E-state index in [9.17, 15) is 0 Å². The number of hydrogen-bond donors (Lipinski definition) is 1. The second-order valence-electron chi connectivity index (χ2n) is 5.77. The zero-order chi connectivity index (χ0) is 15.1. The minimum absolute atomic E-state index is 0.544. The lowest BCUT2D eigenvalue weighted by molar-refractivity contribution is 0.323. The molecule has 0 spiro atoms. The Bertz CT molecular complexity index is 417. The highest BCUT2D eigenvalue weighted by Crippen LogP contribution is 2.38. The van der Waals surface area contributed by atoms with E-state index in [1.165, 1.54) is 43.8 Å². The van der Waals surface area contributed by atoms with Crippen molar-refractivity contribution < 1.29 is 0 Å². The maximum absolute atomic E-state index is 3.77. The fraction of sp³-hybridized carbons (Fsp3) is 0.667. The molecule has 0 amide bonds. The maximum Gasteiger partial charge on any atom is 0.0446 e. The zero-order valence-corrected chi connectivity index (χ0v) is 14.6. The van der Waals surface area contributed by atoms with E-state index in [0.29, 0.717) is 11.3 Å². The third-order valence-corrected chi connectivity index (χ3v) is 5.72. The van der Waals surface area contributed by atoms with Crippen molar-refractivity contribution in [2.45, 2.75) is 44.9 Å². The number of hydrogen-bond acceptors (Lipinski definition) is 3. The van der Waals surface area contributed by atoms with Crippen LogP contribution >= 0.6 is 11.8 Å². The van der Waals surface area contributed by atoms with Crippen molar-refractivity contribution in [1.29, 1.82) is 0 Å². The van der Waals surface area contributed by atoms with E-state index >= 15 is 0 Å². The van der Waals surface area contributed by atoms with Crippen LogP contribution < -0.4 is 5.32 Å². The Labute approximate surface area is 134 Å².